The van der Waals surface area contributed by atoms with Crippen LogP contribution >= 0.6 is 0 Å². The summed E-state index contributed by atoms with van der Waals surface area (Å²) in [6.45, 7) is 5.57. The number of nitrogens with two attached hydrogens (primary N) is 1. The third-order valence-electron chi connectivity index (χ3n) is 3.87. The van der Waals surface area contributed by atoms with Crippen LogP contribution in [0, 0.1) is 0 Å². The van der Waals surface area contributed by atoms with Crippen LogP contribution in [-0.2, 0) is 6.54 Å². The number of hydrogen-bond donors (Lipinski definition) is 1. The van der Waals surface area contributed by atoms with E-state index in [9.17, 15) is 0 Å². The van der Waals surface area contributed by atoms with E-state index in [0.717, 1.165) is 35.8 Å². The van der Waals surface area contributed by atoms with E-state index in [-0.39, 0.29) is 0 Å². The predicted molar refractivity (Wildman–Crippen MR) is 71.0 cm³/mol. The van der Waals surface area contributed by atoms with Crippen molar-refractivity contribution in [2.75, 3.05) is 25.5 Å². The lowest BCUT2D eigenvalue weighted by Gasteiger charge is -2.24. The maximum absolute atomic E-state index is 6.11. The summed E-state index contributed by atoms with van der Waals surface area (Å²) in [4.78, 5) is 2.47. The van der Waals surface area contributed by atoms with Gasteiger partial charge >= 0.3 is 0 Å². The molecule has 1 unspecified atom stereocenters. The molecule has 2 aliphatic heterocycles. The van der Waals surface area contributed by atoms with Gasteiger partial charge in [0.25, 0.3) is 0 Å². The van der Waals surface area contributed by atoms with Gasteiger partial charge in [-0.05, 0) is 37.9 Å². The van der Waals surface area contributed by atoms with Crippen LogP contribution in [0.2, 0.25) is 0 Å². The third kappa shape index (κ3) is 2.12. The molecule has 3 rings (SSSR count). The normalized spacial score (nSPS) is 23.3. The van der Waals surface area contributed by atoms with Gasteiger partial charge in [0.15, 0.2) is 11.5 Å². The first kappa shape index (κ1) is 11.7. The average molecular weight is 248 g/mol. The van der Waals surface area contributed by atoms with Crippen molar-refractivity contribution >= 4 is 5.69 Å². The van der Waals surface area contributed by atoms with Crippen LogP contribution in [0.25, 0.3) is 0 Å². The standard InChI is InChI=1S/C14H20N2O2/c1-10-3-2-4-16(10)9-11-7-13-14(8-12(11)15)18-6-5-17-13/h7-8,10H,2-6,9,15H2,1H3. The highest BCUT2D eigenvalue weighted by Crippen LogP contribution is 2.35. The molecule has 0 bridgehead atoms. The maximum Gasteiger partial charge on any atom is 0.163 e. The number of ether oxygens (including phenoxy) is 2. The van der Waals surface area contributed by atoms with Crippen molar-refractivity contribution in [2.24, 2.45) is 0 Å². The summed E-state index contributed by atoms with van der Waals surface area (Å²) in [5.74, 6) is 1.61. The van der Waals surface area contributed by atoms with E-state index in [1.807, 2.05) is 12.1 Å². The van der Waals surface area contributed by atoms with Crippen LogP contribution in [0.3, 0.4) is 0 Å². The molecule has 2 heterocycles. The fourth-order valence-corrected chi connectivity index (χ4v) is 2.73. The summed E-state index contributed by atoms with van der Waals surface area (Å²) < 4.78 is 11.1. The van der Waals surface area contributed by atoms with Crippen molar-refractivity contribution in [3.63, 3.8) is 0 Å². The van der Waals surface area contributed by atoms with Crippen LogP contribution in [0.1, 0.15) is 25.3 Å². The number of fused-ring (bicyclic) bond motifs is 1. The Kier molecular flexibility index (Phi) is 3.04. The minimum Gasteiger partial charge on any atom is -0.486 e. The molecule has 0 saturated carbocycles. The molecule has 0 aromatic heterocycles. The summed E-state index contributed by atoms with van der Waals surface area (Å²) >= 11 is 0. The van der Waals surface area contributed by atoms with Gasteiger partial charge < -0.3 is 15.2 Å². The predicted octanol–water partition coefficient (Wildman–Crippen LogP) is 2.02. The highest BCUT2D eigenvalue weighted by molar-refractivity contribution is 5.58. The Balaban J connectivity index is 1.83. The molecule has 0 aliphatic carbocycles. The number of anilines is 1. The molecule has 4 nitrogen and oxygen atoms in total. The van der Waals surface area contributed by atoms with Gasteiger partial charge in [-0.15, -0.1) is 0 Å². The Morgan fingerprint density at radius 3 is 2.67 bits per heavy atom. The van der Waals surface area contributed by atoms with Gasteiger partial charge in [0, 0.05) is 24.3 Å². The zero-order valence-corrected chi connectivity index (χ0v) is 10.8. The van der Waals surface area contributed by atoms with Gasteiger partial charge in [-0.2, -0.15) is 0 Å². The van der Waals surface area contributed by atoms with E-state index in [2.05, 4.69) is 11.8 Å². The number of likely N-dealkylation sites (tertiary alicyclic amines) is 1. The van der Waals surface area contributed by atoms with E-state index in [1.54, 1.807) is 0 Å². The molecule has 1 fully saturated rings. The van der Waals surface area contributed by atoms with Crippen LogP contribution < -0.4 is 15.2 Å². The Morgan fingerprint density at radius 2 is 2.00 bits per heavy atom. The first-order valence-corrected chi connectivity index (χ1v) is 6.66. The van der Waals surface area contributed by atoms with Gasteiger partial charge in [0.1, 0.15) is 13.2 Å². The number of hydrogen-bond acceptors (Lipinski definition) is 4. The molecule has 2 aliphatic rings. The first-order chi connectivity index (χ1) is 8.74. The van der Waals surface area contributed by atoms with E-state index in [0.29, 0.717) is 19.3 Å². The Morgan fingerprint density at radius 1 is 1.28 bits per heavy atom. The lowest BCUT2D eigenvalue weighted by atomic mass is 10.1. The second-order valence-corrected chi connectivity index (χ2v) is 5.16. The summed E-state index contributed by atoms with van der Waals surface area (Å²) in [5.41, 5.74) is 8.06. The van der Waals surface area contributed by atoms with Crippen molar-refractivity contribution in [3.05, 3.63) is 17.7 Å². The summed E-state index contributed by atoms with van der Waals surface area (Å²) in [5, 5.41) is 0. The SMILES string of the molecule is CC1CCCN1Cc1cc2c(cc1N)OCCO2. The molecule has 0 radical (unpaired) electrons. The van der Waals surface area contributed by atoms with Crippen molar-refractivity contribution in [1.82, 2.24) is 4.90 Å². The zero-order chi connectivity index (χ0) is 12.5. The van der Waals surface area contributed by atoms with Crippen LogP contribution in [-0.4, -0.2) is 30.7 Å². The molecule has 98 valence electrons. The topological polar surface area (TPSA) is 47.7 Å². The van der Waals surface area contributed by atoms with Crippen LogP contribution in [0.4, 0.5) is 5.69 Å². The van der Waals surface area contributed by atoms with Crippen molar-refractivity contribution in [3.8, 4) is 11.5 Å². The summed E-state index contributed by atoms with van der Waals surface area (Å²) in [7, 11) is 0. The van der Waals surface area contributed by atoms with Gasteiger partial charge in [0.05, 0.1) is 0 Å². The first-order valence-electron chi connectivity index (χ1n) is 6.66. The quantitative estimate of drug-likeness (QED) is 0.813. The summed E-state index contributed by atoms with van der Waals surface area (Å²) in [6, 6.07) is 4.58. The fourth-order valence-electron chi connectivity index (χ4n) is 2.73. The molecule has 1 aromatic rings. The van der Waals surface area contributed by atoms with Crippen molar-refractivity contribution in [2.45, 2.75) is 32.4 Å². The second kappa shape index (κ2) is 4.69. The fraction of sp³-hybridized carbons (Fsp3) is 0.571. The third-order valence-corrected chi connectivity index (χ3v) is 3.87. The molecule has 1 atom stereocenters. The molecule has 1 saturated heterocycles. The van der Waals surface area contributed by atoms with Crippen molar-refractivity contribution < 1.29 is 9.47 Å². The average Bonchev–Trinajstić information content (AvgIpc) is 2.76. The minimum absolute atomic E-state index is 0.606. The van der Waals surface area contributed by atoms with Crippen LogP contribution in [0.15, 0.2) is 12.1 Å². The Labute approximate surface area is 108 Å². The Hall–Kier alpha value is -1.42. The van der Waals surface area contributed by atoms with Gasteiger partial charge in [-0.1, -0.05) is 0 Å². The maximum atomic E-state index is 6.11. The number of benzene rings is 1. The van der Waals surface area contributed by atoms with Gasteiger partial charge in [0.2, 0.25) is 0 Å². The molecule has 0 amide bonds. The molecule has 18 heavy (non-hydrogen) atoms. The smallest absolute Gasteiger partial charge is 0.163 e. The summed E-state index contributed by atoms with van der Waals surface area (Å²) in [6.07, 6.45) is 2.57. The van der Waals surface area contributed by atoms with Crippen LogP contribution in [0.5, 0.6) is 11.5 Å². The molecule has 0 spiro atoms. The Bertz CT molecular complexity index is 448. The molecule has 1 aromatic carbocycles. The van der Waals surface area contributed by atoms with E-state index in [1.165, 1.54) is 12.8 Å². The minimum atomic E-state index is 0.606. The van der Waals surface area contributed by atoms with Gasteiger partial charge in [-0.3, -0.25) is 4.90 Å². The largest absolute Gasteiger partial charge is 0.486 e. The second-order valence-electron chi connectivity index (χ2n) is 5.16. The number of rotatable bonds is 2. The lowest BCUT2D eigenvalue weighted by Crippen LogP contribution is -2.26. The molecular weight excluding hydrogens is 228 g/mol. The highest BCUT2D eigenvalue weighted by Gasteiger charge is 2.22. The van der Waals surface area contributed by atoms with E-state index >= 15 is 0 Å². The number of nitrogens with zero attached hydrogens (tertiary/aromatic N) is 1. The van der Waals surface area contributed by atoms with Crippen molar-refractivity contribution in [1.29, 1.82) is 0 Å². The lowest BCUT2D eigenvalue weighted by molar-refractivity contribution is 0.171. The van der Waals surface area contributed by atoms with E-state index < -0.39 is 0 Å². The number of nitrogen functional groups attached to an aromatic ring is 1. The van der Waals surface area contributed by atoms with E-state index in [4.69, 9.17) is 15.2 Å². The molecule has 4 heteroatoms. The monoisotopic (exact) mass is 248 g/mol. The highest BCUT2D eigenvalue weighted by atomic mass is 16.6. The molecular formula is C14H20N2O2. The zero-order valence-electron chi connectivity index (χ0n) is 10.8. The molecule has 2 N–H and O–H groups in total. The van der Waals surface area contributed by atoms with Gasteiger partial charge in [-0.25, -0.2) is 0 Å².